The third kappa shape index (κ3) is 4.34. The second kappa shape index (κ2) is 9.07. The molecule has 1 aromatic heterocycles. The number of allylic oxidation sites excluding steroid dienone is 2. The van der Waals surface area contributed by atoms with Crippen molar-refractivity contribution in [3.63, 3.8) is 0 Å². The number of amidine groups is 1. The molecule has 1 saturated heterocycles. The van der Waals surface area contributed by atoms with E-state index in [-0.39, 0.29) is 11.5 Å². The van der Waals surface area contributed by atoms with Crippen molar-refractivity contribution in [2.24, 2.45) is 4.99 Å². The predicted molar refractivity (Wildman–Crippen MR) is 128 cm³/mol. The molecule has 1 amide bonds. The first kappa shape index (κ1) is 21.2. The first-order chi connectivity index (χ1) is 16.1. The Morgan fingerprint density at radius 2 is 1.91 bits per heavy atom. The van der Waals surface area contributed by atoms with Crippen LogP contribution in [0.15, 0.2) is 70.2 Å². The number of hydrogen-bond acceptors (Lipinski definition) is 6. The standard InChI is InChI=1S/C25H27N5O3/c31-16-24(33)29-12-8-18(9-13-29)17-1-3-20(4-2-17)28-21-5-6-22(30-14-11-27-25(21)30)19-7-10-26-23(32)15-19/h1-7,10,15,18,28,31H,8-9,11-14,16H2,(H,26,32). The van der Waals surface area contributed by atoms with E-state index < -0.39 is 6.61 Å². The van der Waals surface area contributed by atoms with Crippen molar-refractivity contribution in [1.29, 1.82) is 0 Å². The number of hydrogen-bond donors (Lipinski definition) is 3. The number of aromatic nitrogens is 1. The van der Waals surface area contributed by atoms with Crippen LogP contribution in [0, 0.1) is 0 Å². The number of carbonyl (C=O) groups excluding carboxylic acids is 1. The van der Waals surface area contributed by atoms with Gasteiger partial charge in [-0.15, -0.1) is 0 Å². The summed E-state index contributed by atoms with van der Waals surface area (Å²) in [6, 6.07) is 12.0. The minimum Gasteiger partial charge on any atom is -0.387 e. The summed E-state index contributed by atoms with van der Waals surface area (Å²) in [5, 5.41) is 12.5. The van der Waals surface area contributed by atoms with Gasteiger partial charge in [0.15, 0.2) is 5.84 Å². The number of fused-ring (bicyclic) bond motifs is 1. The summed E-state index contributed by atoms with van der Waals surface area (Å²) in [4.78, 5) is 34.7. The van der Waals surface area contributed by atoms with Gasteiger partial charge in [-0.05, 0) is 54.7 Å². The molecule has 0 atom stereocenters. The van der Waals surface area contributed by atoms with Crippen molar-refractivity contribution in [2.75, 3.05) is 38.1 Å². The van der Waals surface area contributed by atoms with Gasteiger partial charge in [0, 0.05) is 43.1 Å². The highest BCUT2D eigenvalue weighted by atomic mass is 16.3. The Kier molecular flexibility index (Phi) is 5.83. The second-order valence-electron chi connectivity index (χ2n) is 8.49. The number of H-pyrrole nitrogens is 1. The predicted octanol–water partition coefficient (Wildman–Crippen LogP) is 2.14. The number of aliphatic hydroxyl groups is 1. The summed E-state index contributed by atoms with van der Waals surface area (Å²) in [6.07, 6.45) is 7.52. The third-order valence-electron chi connectivity index (χ3n) is 6.50. The minimum absolute atomic E-state index is 0.121. The lowest BCUT2D eigenvalue weighted by atomic mass is 9.89. The van der Waals surface area contributed by atoms with Crippen molar-refractivity contribution in [1.82, 2.24) is 14.8 Å². The molecule has 33 heavy (non-hydrogen) atoms. The molecule has 0 saturated carbocycles. The molecule has 0 bridgehead atoms. The molecule has 3 aliphatic heterocycles. The number of piperidine rings is 1. The maximum absolute atomic E-state index is 11.7. The van der Waals surface area contributed by atoms with Crippen LogP contribution in [0.2, 0.25) is 0 Å². The lowest BCUT2D eigenvalue weighted by Gasteiger charge is -2.32. The normalized spacial score (nSPS) is 18.4. The largest absolute Gasteiger partial charge is 0.387 e. The molecule has 1 fully saturated rings. The zero-order chi connectivity index (χ0) is 22.8. The molecule has 2 aromatic rings. The quantitative estimate of drug-likeness (QED) is 0.655. The highest BCUT2D eigenvalue weighted by Crippen LogP contribution is 2.31. The Morgan fingerprint density at radius 3 is 2.64 bits per heavy atom. The van der Waals surface area contributed by atoms with Crippen LogP contribution >= 0.6 is 0 Å². The van der Waals surface area contributed by atoms with Crippen LogP contribution in [-0.2, 0) is 4.79 Å². The maximum Gasteiger partial charge on any atom is 0.248 e. The molecule has 0 spiro atoms. The van der Waals surface area contributed by atoms with Gasteiger partial charge >= 0.3 is 0 Å². The number of benzene rings is 1. The number of nitrogens with one attached hydrogen (secondary N) is 2. The van der Waals surface area contributed by atoms with E-state index in [0.717, 1.165) is 47.9 Å². The van der Waals surface area contributed by atoms with E-state index in [1.54, 1.807) is 17.2 Å². The van der Waals surface area contributed by atoms with E-state index in [1.807, 2.05) is 18.2 Å². The number of rotatable bonds is 5. The molecule has 3 aliphatic rings. The molecule has 0 unspecified atom stereocenters. The van der Waals surface area contributed by atoms with E-state index in [4.69, 9.17) is 5.11 Å². The van der Waals surface area contributed by atoms with Gasteiger partial charge in [0.2, 0.25) is 11.5 Å². The number of nitrogens with zero attached hydrogens (tertiary/aromatic N) is 3. The van der Waals surface area contributed by atoms with Gasteiger partial charge in [0.1, 0.15) is 6.61 Å². The highest BCUT2D eigenvalue weighted by molar-refractivity contribution is 6.08. The first-order valence-electron chi connectivity index (χ1n) is 11.3. The summed E-state index contributed by atoms with van der Waals surface area (Å²) >= 11 is 0. The first-order valence-corrected chi connectivity index (χ1v) is 11.3. The SMILES string of the molecule is O=C(CO)N1CCC(c2ccc(NC3=CC=C(c4cc[nH]c(=O)c4)N4CCN=C34)cc2)CC1. The number of aliphatic hydroxyl groups excluding tert-OH is 1. The number of aromatic amines is 1. The monoisotopic (exact) mass is 445 g/mol. The van der Waals surface area contributed by atoms with Crippen LogP contribution in [0.25, 0.3) is 5.70 Å². The van der Waals surface area contributed by atoms with Crippen LogP contribution in [0.4, 0.5) is 5.69 Å². The number of carbonyl (C=O) groups is 1. The van der Waals surface area contributed by atoms with E-state index >= 15 is 0 Å². The fourth-order valence-electron chi connectivity index (χ4n) is 4.75. The lowest BCUT2D eigenvalue weighted by Crippen LogP contribution is -2.39. The number of likely N-dealkylation sites (tertiary alicyclic amines) is 1. The highest BCUT2D eigenvalue weighted by Gasteiger charge is 2.28. The van der Waals surface area contributed by atoms with Gasteiger partial charge in [-0.25, -0.2) is 0 Å². The molecule has 8 heteroatoms. The van der Waals surface area contributed by atoms with E-state index in [9.17, 15) is 9.59 Å². The fraction of sp³-hybridized carbons (Fsp3) is 0.320. The fourth-order valence-corrected chi connectivity index (χ4v) is 4.75. The zero-order valence-corrected chi connectivity index (χ0v) is 18.3. The molecule has 0 aliphatic carbocycles. The number of aliphatic imine (C=N–C) groups is 1. The van der Waals surface area contributed by atoms with Gasteiger partial charge in [-0.3, -0.25) is 14.6 Å². The molecule has 4 heterocycles. The second-order valence-corrected chi connectivity index (χ2v) is 8.49. The van der Waals surface area contributed by atoms with Crippen molar-refractivity contribution in [2.45, 2.75) is 18.8 Å². The van der Waals surface area contributed by atoms with Crippen LogP contribution in [0.3, 0.4) is 0 Å². The molecular weight excluding hydrogens is 418 g/mol. The maximum atomic E-state index is 11.7. The summed E-state index contributed by atoms with van der Waals surface area (Å²) in [6.45, 7) is 2.46. The molecule has 0 radical (unpaired) electrons. The Morgan fingerprint density at radius 1 is 1.12 bits per heavy atom. The van der Waals surface area contributed by atoms with Crippen LogP contribution in [0.1, 0.15) is 29.9 Å². The smallest absolute Gasteiger partial charge is 0.248 e. The van der Waals surface area contributed by atoms with Gasteiger partial charge in [0.05, 0.1) is 17.9 Å². The molecule has 1 aromatic carbocycles. The van der Waals surface area contributed by atoms with Gasteiger partial charge in [0.25, 0.3) is 0 Å². The number of anilines is 1. The molecule has 3 N–H and O–H groups in total. The van der Waals surface area contributed by atoms with Gasteiger partial charge < -0.3 is 25.2 Å². The van der Waals surface area contributed by atoms with Crippen molar-refractivity contribution >= 4 is 23.1 Å². The van der Waals surface area contributed by atoms with Crippen LogP contribution in [-0.4, -0.2) is 64.4 Å². The molecular formula is C25H27N5O3. The Hall–Kier alpha value is -3.65. The molecule has 170 valence electrons. The minimum atomic E-state index is -0.413. The average molecular weight is 446 g/mol. The summed E-state index contributed by atoms with van der Waals surface area (Å²) in [7, 11) is 0. The summed E-state index contributed by atoms with van der Waals surface area (Å²) < 4.78 is 0. The van der Waals surface area contributed by atoms with Gasteiger partial charge in [-0.1, -0.05) is 12.1 Å². The van der Waals surface area contributed by atoms with Crippen molar-refractivity contribution in [3.8, 4) is 0 Å². The van der Waals surface area contributed by atoms with Gasteiger partial charge in [-0.2, -0.15) is 0 Å². The van der Waals surface area contributed by atoms with Crippen LogP contribution < -0.4 is 10.9 Å². The topological polar surface area (TPSA) is 101 Å². The number of amides is 1. The lowest BCUT2D eigenvalue weighted by molar-refractivity contribution is -0.135. The summed E-state index contributed by atoms with van der Waals surface area (Å²) in [5.41, 5.74) is 4.92. The Bertz CT molecular complexity index is 1190. The van der Waals surface area contributed by atoms with E-state index in [0.29, 0.717) is 25.6 Å². The van der Waals surface area contributed by atoms with Crippen LogP contribution in [0.5, 0.6) is 0 Å². The van der Waals surface area contributed by atoms with E-state index in [2.05, 4.69) is 44.5 Å². The zero-order valence-electron chi connectivity index (χ0n) is 18.3. The Labute approximate surface area is 192 Å². The Balaban J connectivity index is 1.29. The molecule has 8 nitrogen and oxygen atoms in total. The number of pyridine rings is 1. The van der Waals surface area contributed by atoms with Crippen molar-refractivity contribution in [3.05, 3.63) is 81.9 Å². The average Bonchev–Trinajstić information content (AvgIpc) is 3.35. The van der Waals surface area contributed by atoms with Crippen molar-refractivity contribution < 1.29 is 9.90 Å². The molecule has 5 rings (SSSR count). The third-order valence-corrected chi connectivity index (χ3v) is 6.50. The summed E-state index contributed by atoms with van der Waals surface area (Å²) in [5.74, 6) is 1.12. The van der Waals surface area contributed by atoms with E-state index in [1.165, 1.54) is 5.56 Å².